The number of fused-ring (bicyclic) bond motifs is 2. The van der Waals surface area contributed by atoms with Gasteiger partial charge in [-0.1, -0.05) is 0 Å². The predicted molar refractivity (Wildman–Crippen MR) is 137 cm³/mol. The van der Waals surface area contributed by atoms with Gasteiger partial charge in [0.25, 0.3) is 5.91 Å². The second kappa shape index (κ2) is 9.16. The molecule has 4 heterocycles. The lowest BCUT2D eigenvalue weighted by atomic mass is 9.89. The molecule has 0 radical (unpaired) electrons. The Morgan fingerprint density at radius 1 is 1.30 bits per heavy atom. The van der Waals surface area contributed by atoms with Gasteiger partial charge in [0.2, 0.25) is 6.41 Å². The number of benzene rings is 1. The number of aliphatic hydroxyl groups is 1. The third-order valence-electron chi connectivity index (χ3n) is 6.77. The number of carbonyl (C=O) groups excluding carboxylic acids is 1. The van der Waals surface area contributed by atoms with Crippen LogP contribution in [0.3, 0.4) is 0 Å². The summed E-state index contributed by atoms with van der Waals surface area (Å²) >= 11 is 0. The van der Waals surface area contributed by atoms with E-state index in [0.717, 1.165) is 5.39 Å². The summed E-state index contributed by atoms with van der Waals surface area (Å²) < 4.78 is 21.0. The van der Waals surface area contributed by atoms with Crippen molar-refractivity contribution in [3.63, 3.8) is 0 Å². The van der Waals surface area contributed by atoms with Crippen LogP contribution in [-0.4, -0.2) is 71.3 Å². The van der Waals surface area contributed by atoms with Gasteiger partial charge in [-0.2, -0.15) is 5.10 Å². The van der Waals surface area contributed by atoms with E-state index in [4.69, 9.17) is 9.72 Å². The van der Waals surface area contributed by atoms with Crippen molar-refractivity contribution in [2.24, 2.45) is 7.05 Å². The van der Waals surface area contributed by atoms with E-state index in [2.05, 4.69) is 20.4 Å². The van der Waals surface area contributed by atoms with Crippen LogP contribution < -0.4 is 5.32 Å². The van der Waals surface area contributed by atoms with Gasteiger partial charge < -0.3 is 20.1 Å². The van der Waals surface area contributed by atoms with Crippen LogP contribution in [0.15, 0.2) is 30.6 Å². The van der Waals surface area contributed by atoms with Crippen LogP contribution in [-0.2, 0) is 11.8 Å². The van der Waals surface area contributed by atoms with Crippen molar-refractivity contribution < 1.29 is 19.0 Å². The molecule has 1 aliphatic rings. The average molecular weight is 510 g/mol. The minimum atomic E-state index is -0.985. The number of H-pyrrole nitrogens is 1. The number of nitrogens with zero attached hydrogens (tertiary/aromatic N) is 5. The molecule has 10 nitrogen and oxygen atoms in total. The number of aromatic amines is 1. The van der Waals surface area contributed by atoms with Crippen LogP contribution in [0.1, 0.15) is 50.9 Å². The van der Waals surface area contributed by atoms with Crippen molar-refractivity contribution in [2.75, 3.05) is 13.1 Å². The molecule has 11 heteroatoms. The van der Waals surface area contributed by atoms with E-state index in [1.165, 1.54) is 12.1 Å². The number of ether oxygens (including phenoxy) is 1. The number of rotatable bonds is 5. The molecular weight excluding hydrogens is 477 g/mol. The zero-order chi connectivity index (χ0) is 26.5. The van der Waals surface area contributed by atoms with E-state index in [0.29, 0.717) is 59.6 Å². The summed E-state index contributed by atoms with van der Waals surface area (Å²) in [5.74, 6) is -0.600. The van der Waals surface area contributed by atoms with Gasteiger partial charge in [0.1, 0.15) is 22.7 Å². The number of nitrogens with one attached hydrogen (secondary N) is 2. The number of carbonyl (C=O) groups is 1. The first-order chi connectivity index (χ1) is 17.4. The Morgan fingerprint density at radius 3 is 2.73 bits per heavy atom. The molecule has 3 N–H and O–H groups in total. The summed E-state index contributed by atoms with van der Waals surface area (Å²) in [6.07, 6.45) is 3.52. The molecule has 1 atom stereocenters. The minimum absolute atomic E-state index is 0.256. The fraction of sp³-hybridized carbons (Fsp3) is 0.462. The number of amides is 1. The summed E-state index contributed by atoms with van der Waals surface area (Å²) in [5.41, 5.74) is 2.09. The van der Waals surface area contributed by atoms with E-state index < -0.39 is 17.6 Å². The molecule has 1 saturated heterocycles. The van der Waals surface area contributed by atoms with Crippen LogP contribution in [0.5, 0.6) is 0 Å². The molecule has 0 bridgehead atoms. The maximum Gasteiger partial charge on any atom is 0.255 e. The van der Waals surface area contributed by atoms with Gasteiger partial charge in [-0.15, -0.1) is 0 Å². The highest BCUT2D eigenvalue weighted by molar-refractivity contribution is 6.05. The molecule has 1 amide bonds. The van der Waals surface area contributed by atoms with Crippen molar-refractivity contribution in [2.45, 2.75) is 58.1 Å². The Kier molecular flexibility index (Phi) is 6.25. The van der Waals surface area contributed by atoms with Gasteiger partial charge in [-0.05, 0) is 58.7 Å². The van der Waals surface area contributed by atoms with Crippen molar-refractivity contribution in [3.05, 3.63) is 42.0 Å². The lowest BCUT2D eigenvalue weighted by Gasteiger charge is -2.42. The van der Waals surface area contributed by atoms with Gasteiger partial charge in [-0.25, -0.2) is 14.4 Å². The number of halogens is 1. The maximum atomic E-state index is 13.7. The van der Waals surface area contributed by atoms with Crippen molar-refractivity contribution in [1.82, 2.24) is 34.9 Å². The molecular formula is C26H32FN7O3. The molecule has 1 fully saturated rings. The highest BCUT2D eigenvalue weighted by Gasteiger charge is 2.35. The van der Waals surface area contributed by atoms with Gasteiger partial charge in [0.15, 0.2) is 5.65 Å². The standard InChI is InChI=1S/C26H32FN7O3/c1-25(2,3)37-24(36)34-10-8-26(4,9-11-34)31-23(35)17-13-28-22-21(17)30-18(14-29-22)20-16-7-6-15(27)12-19(16)33(5)32-20/h6-7,12-14,24,36H,8-11H2,1-5H3,(H,28,29)(H,31,35). The molecule has 3 aromatic heterocycles. The second-order valence-electron chi connectivity index (χ2n) is 10.9. The van der Waals surface area contributed by atoms with Crippen LogP contribution in [0, 0.1) is 5.82 Å². The first-order valence-corrected chi connectivity index (χ1v) is 12.3. The topological polar surface area (TPSA) is 121 Å². The Hall–Kier alpha value is -3.41. The predicted octanol–water partition coefficient (Wildman–Crippen LogP) is 3.33. The fourth-order valence-corrected chi connectivity index (χ4v) is 4.69. The monoisotopic (exact) mass is 509 g/mol. The summed E-state index contributed by atoms with van der Waals surface area (Å²) in [6, 6.07) is 4.47. The van der Waals surface area contributed by atoms with Crippen molar-refractivity contribution in [3.8, 4) is 11.4 Å². The number of hydrogen-bond acceptors (Lipinski definition) is 7. The summed E-state index contributed by atoms with van der Waals surface area (Å²) in [7, 11) is 1.74. The molecule has 0 spiro atoms. The van der Waals surface area contributed by atoms with Crippen LogP contribution in [0.2, 0.25) is 0 Å². The third-order valence-corrected chi connectivity index (χ3v) is 6.77. The summed E-state index contributed by atoms with van der Waals surface area (Å²) in [5, 5.41) is 18.8. The van der Waals surface area contributed by atoms with Crippen molar-refractivity contribution >= 4 is 28.0 Å². The molecule has 0 saturated carbocycles. The number of aryl methyl sites for hydroxylation is 1. The molecule has 5 rings (SSSR count). The lowest BCUT2D eigenvalue weighted by molar-refractivity contribution is -0.243. The molecule has 1 aromatic carbocycles. The number of likely N-dealkylation sites (tertiary alicyclic amines) is 1. The number of aliphatic hydroxyl groups excluding tert-OH is 1. The lowest BCUT2D eigenvalue weighted by Crippen LogP contribution is -2.56. The molecule has 4 aromatic rings. The summed E-state index contributed by atoms with van der Waals surface area (Å²) in [4.78, 5) is 27.4. The highest BCUT2D eigenvalue weighted by Crippen LogP contribution is 2.29. The van der Waals surface area contributed by atoms with E-state index in [-0.39, 0.29) is 11.7 Å². The number of aromatic nitrogens is 5. The van der Waals surface area contributed by atoms with E-state index in [9.17, 15) is 14.3 Å². The van der Waals surface area contributed by atoms with Crippen LogP contribution >= 0.6 is 0 Å². The molecule has 37 heavy (non-hydrogen) atoms. The average Bonchev–Trinajstić information content (AvgIpc) is 3.38. The van der Waals surface area contributed by atoms with Gasteiger partial charge >= 0.3 is 0 Å². The van der Waals surface area contributed by atoms with E-state index in [1.54, 1.807) is 30.2 Å². The molecule has 1 aliphatic heterocycles. The first-order valence-electron chi connectivity index (χ1n) is 12.3. The molecule has 1 unspecified atom stereocenters. The molecule has 0 aliphatic carbocycles. The Morgan fingerprint density at radius 2 is 2.03 bits per heavy atom. The Balaban J connectivity index is 1.35. The number of hydrogen-bond donors (Lipinski definition) is 3. The third kappa shape index (κ3) is 5.07. The first kappa shape index (κ1) is 25.2. The minimum Gasteiger partial charge on any atom is -0.356 e. The smallest absolute Gasteiger partial charge is 0.255 e. The van der Waals surface area contributed by atoms with Crippen LogP contribution in [0.25, 0.3) is 33.5 Å². The highest BCUT2D eigenvalue weighted by atomic mass is 19.1. The zero-order valence-electron chi connectivity index (χ0n) is 21.7. The quantitative estimate of drug-likeness (QED) is 0.353. The Labute approximate surface area is 213 Å². The second-order valence-corrected chi connectivity index (χ2v) is 10.9. The van der Waals surface area contributed by atoms with E-state index in [1.807, 2.05) is 32.6 Å². The largest absolute Gasteiger partial charge is 0.356 e. The Bertz CT molecular complexity index is 1460. The molecule has 196 valence electrons. The zero-order valence-corrected chi connectivity index (χ0v) is 21.7. The normalized spacial score (nSPS) is 17.4. The summed E-state index contributed by atoms with van der Waals surface area (Å²) in [6.45, 7) is 8.87. The van der Waals surface area contributed by atoms with Gasteiger partial charge in [-0.3, -0.25) is 14.4 Å². The SMILES string of the molecule is Cn1nc(-c2cnc3[nH]cc(C(=O)NC4(C)CCN(C(O)OC(C)(C)C)CC4)c3n2)c2ccc(F)cc21. The number of piperidine rings is 1. The van der Waals surface area contributed by atoms with Gasteiger partial charge in [0.05, 0.1) is 22.9 Å². The van der Waals surface area contributed by atoms with Crippen molar-refractivity contribution in [1.29, 1.82) is 0 Å². The van der Waals surface area contributed by atoms with Gasteiger partial charge in [0, 0.05) is 37.3 Å². The van der Waals surface area contributed by atoms with Crippen LogP contribution in [0.4, 0.5) is 4.39 Å². The maximum absolute atomic E-state index is 13.7. The van der Waals surface area contributed by atoms with E-state index >= 15 is 0 Å². The fourth-order valence-electron chi connectivity index (χ4n) is 4.69.